The van der Waals surface area contributed by atoms with E-state index in [0.29, 0.717) is 39.4 Å². The first-order chi connectivity index (χ1) is 18.8. The fraction of sp³-hybridized carbons (Fsp3) is 0.231. The van der Waals surface area contributed by atoms with Crippen LogP contribution in [0.15, 0.2) is 49.1 Å². The van der Waals surface area contributed by atoms with Gasteiger partial charge in [-0.15, -0.1) is 0 Å². The number of ether oxygens (including phenoxy) is 2. The Morgan fingerprint density at radius 1 is 1.05 bits per heavy atom. The molecule has 6 rings (SSSR count). The van der Waals surface area contributed by atoms with Gasteiger partial charge in [0.15, 0.2) is 11.3 Å². The number of alkyl halides is 3. The van der Waals surface area contributed by atoms with Crippen molar-refractivity contribution in [1.29, 1.82) is 0 Å². The summed E-state index contributed by atoms with van der Waals surface area (Å²) >= 11 is 6.46. The Hall–Kier alpha value is -4.32. The molecule has 1 N–H and O–H groups in total. The summed E-state index contributed by atoms with van der Waals surface area (Å²) < 4.78 is 50.4. The fourth-order valence-electron chi connectivity index (χ4n) is 4.14. The van der Waals surface area contributed by atoms with Gasteiger partial charge in [0.1, 0.15) is 30.0 Å². The van der Waals surface area contributed by atoms with Crippen LogP contribution in [0.1, 0.15) is 35.7 Å². The molecule has 1 aliphatic rings. The molecule has 1 aromatic carbocycles. The highest BCUT2D eigenvalue weighted by atomic mass is 35.5. The number of rotatable bonds is 7. The third-order valence-corrected chi connectivity index (χ3v) is 6.57. The minimum atomic E-state index is -4.52. The zero-order valence-corrected chi connectivity index (χ0v) is 21.1. The number of nitrogens with zero attached hydrogens (tertiary/aromatic N) is 6. The van der Waals surface area contributed by atoms with Gasteiger partial charge in [-0.3, -0.25) is 0 Å². The lowest BCUT2D eigenvalue weighted by atomic mass is 10.1. The molecule has 0 atom stereocenters. The van der Waals surface area contributed by atoms with Crippen LogP contribution in [0.25, 0.3) is 33.8 Å². The zero-order valence-electron chi connectivity index (χ0n) is 20.3. The van der Waals surface area contributed by atoms with Crippen LogP contribution in [0.5, 0.6) is 11.8 Å². The Balaban J connectivity index is 1.32. The molecule has 0 unspecified atom stereocenters. The predicted molar refractivity (Wildman–Crippen MR) is 135 cm³/mol. The second kappa shape index (κ2) is 9.77. The first kappa shape index (κ1) is 25.0. The summed E-state index contributed by atoms with van der Waals surface area (Å²) in [5.74, 6) is 1.28. The number of hydrogen-bond donors (Lipinski definition) is 1. The third-order valence-electron chi connectivity index (χ3n) is 6.22. The van der Waals surface area contributed by atoms with Crippen molar-refractivity contribution in [2.75, 3.05) is 7.11 Å². The van der Waals surface area contributed by atoms with E-state index < -0.39 is 11.9 Å². The lowest BCUT2D eigenvalue weighted by molar-refractivity contribution is -0.140. The molecule has 1 aliphatic carbocycles. The van der Waals surface area contributed by atoms with Crippen LogP contribution in [0, 0.1) is 0 Å². The van der Waals surface area contributed by atoms with Gasteiger partial charge in [0.25, 0.3) is 0 Å². The van der Waals surface area contributed by atoms with Crippen molar-refractivity contribution < 1.29 is 22.6 Å². The first-order valence-corrected chi connectivity index (χ1v) is 12.3. The highest BCUT2D eigenvalue weighted by Gasteiger charge is 2.33. The van der Waals surface area contributed by atoms with Gasteiger partial charge in [-0.25, -0.2) is 24.9 Å². The van der Waals surface area contributed by atoms with Gasteiger partial charge in [-0.1, -0.05) is 23.7 Å². The number of halogens is 4. The lowest BCUT2D eigenvalue weighted by Gasteiger charge is -2.14. The summed E-state index contributed by atoms with van der Waals surface area (Å²) in [5.41, 5.74) is 2.49. The molecule has 9 nitrogen and oxygen atoms in total. The molecule has 5 aromatic rings. The molecule has 4 aromatic heterocycles. The third kappa shape index (κ3) is 4.94. The maximum atomic E-state index is 12.9. The molecule has 1 fully saturated rings. The first-order valence-electron chi connectivity index (χ1n) is 11.9. The van der Waals surface area contributed by atoms with Crippen molar-refractivity contribution in [1.82, 2.24) is 34.9 Å². The summed E-state index contributed by atoms with van der Waals surface area (Å²) in [6.07, 6.45) is 1.32. The topological polar surface area (TPSA) is 112 Å². The van der Waals surface area contributed by atoms with Crippen molar-refractivity contribution >= 4 is 22.6 Å². The SMILES string of the molecule is COc1ncnc(C2CC2)c1-c1nc(OCc2ccc(-c3ncc(C(F)(F)F)[nH]3)cc2Cl)c2ncccc2n1. The molecule has 0 saturated heterocycles. The number of aromatic nitrogens is 7. The highest BCUT2D eigenvalue weighted by Crippen LogP contribution is 2.45. The number of benzene rings is 1. The number of H-pyrrole nitrogens is 1. The average Bonchev–Trinajstić information content (AvgIpc) is 3.65. The van der Waals surface area contributed by atoms with Gasteiger partial charge < -0.3 is 14.5 Å². The minimum Gasteiger partial charge on any atom is -0.480 e. The predicted octanol–water partition coefficient (Wildman–Crippen LogP) is 6.01. The van der Waals surface area contributed by atoms with E-state index in [1.165, 1.54) is 19.5 Å². The van der Waals surface area contributed by atoms with Crippen molar-refractivity contribution in [3.05, 3.63) is 71.0 Å². The van der Waals surface area contributed by atoms with Crippen molar-refractivity contribution in [3.63, 3.8) is 0 Å². The highest BCUT2D eigenvalue weighted by molar-refractivity contribution is 6.31. The van der Waals surface area contributed by atoms with Gasteiger partial charge in [0, 0.05) is 28.3 Å². The molecule has 39 heavy (non-hydrogen) atoms. The van der Waals surface area contributed by atoms with E-state index in [1.807, 2.05) is 0 Å². The quantitative estimate of drug-likeness (QED) is 0.261. The molecular weight excluding hydrogens is 535 g/mol. The fourth-order valence-corrected chi connectivity index (χ4v) is 4.37. The van der Waals surface area contributed by atoms with Crippen LogP contribution in [0.4, 0.5) is 13.2 Å². The van der Waals surface area contributed by atoms with Gasteiger partial charge >= 0.3 is 6.18 Å². The van der Waals surface area contributed by atoms with Crippen molar-refractivity contribution in [2.45, 2.75) is 31.5 Å². The molecule has 4 heterocycles. The largest absolute Gasteiger partial charge is 0.480 e. The Kier molecular flexibility index (Phi) is 6.26. The van der Waals surface area contributed by atoms with Crippen LogP contribution in [-0.4, -0.2) is 42.0 Å². The Bertz CT molecular complexity index is 1690. The number of aromatic amines is 1. The van der Waals surface area contributed by atoms with Gasteiger partial charge in [-0.2, -0.15) is 18.2 Å². The van der Waals surface area contributed by atoms with E-state index in [0.717, 1.165) is 24.7 Å². The summed E-state index contributed by atoms with van der Waals surface area (Å²) in [7, 11) is 1.53. The average molecular weight is 554 g/mol. The van der Waals surface area contributed by atoms with E-state index in [2.05, 4.69) is 29.9 Å². The van der Waals surface area contributed by atoms with Crippen molar-refractivity contribution in [2.24, 2.45) is 0 Å². The number of methoxy groups -OCH3 is 1. The Morgan fingerprint density at radius 3 is 2.62 bits per heavy atom. The van der Waals surface area contributed by atoms with Crippen LogP contribution in [0.2, 0.25) is 5.02 Å². The normalized spacial score (nSPS) is 13.6. The van der Waals surface area contributed by atoms with Gasteiger partial charge in [-0.05, 0) is 31.0 Å². The van der Waals surface area contributed by atoms with E-state index in [9.17, 15) is 13.2 Å². The molecule has 0 radical (unpaired) electrons. The zero-order chi connectivity index (χ0) is 27.1. The molecule has 0 bridgehead atoms. The molecule has 13 heteroatoms. The molecule has 1 saturated carbocycles. The Morgan fingerprint density at radius 2 is 1.90 bits per heavy atom. The second-order valence-corrected chi connectivity index (χ2v) is 9.29. The lowest BCUT2D eigenvalue weighted by Crippen LogP contribution is -2.05. The monoisotopic (exact) mass is 553 g/mol. The molecule has 0 aliphatic heterocycles. The number of hydrogen-bond acceptors (Lipinski definition) is 8. The van der Waals surface area contributed by atoms with Crippen LogP contribution in [0.3, 0.4) is 0 Å². The van der Waals surface area contributed by atoms with Gasteiger partial charge in [0.05, 0.1) is 24.5 Å². The molecule has 0 amide bonds. The van der Waals surface area contributed by atoms with Crippen molar-refractivity contribution in [3.8, 4) is 34.5 Å². The maximum Gasteiger partial charge on any atom is 0.432 e. The maximum absolute atomic E-state index is 12.9. The minimum absolute atomic E-state index is 0.0190. The van der Waals surface area contributed by atoms with Crippen LogP contribution >= 0.6 is 11.6 Å². The summed E-state index contributed by atoms with van der Waals surface area (Å²) in [5, 5.41) is 0.290. The van der Waals surface area contributed by atoms with Crippen LogP contribution in [-0.2, 0) is 12.8 Å². The van der Waals surface area contributed by atoms with Crippen LogP contribution < -0.4 is 9.47 Å². The van der Waals surface area contributed by atoms with Gasteiger partial charge in [0.2, 0.25) is 11.8 Å². The molecular formula is C26H19ClF3N7O2. The Labute approximate surface area is 224 Å². The number of imidazole rings is 1. The molecule has 0 spiro atoms. The standard InChI is InChI=1S/C26H19ClF3N7O2/c1-38-24-19(20(13-4-5-13)33-12-34-24)23-35-17-3-2-8-31-21(17)25(37-23)39-11-15-7-6-14(9-16(15)27)22-32-10-18(36-22)26(28,29)30/h2-3,6-10,12-13H,4-5,11H2,1H3,(H,32,36). The van der Waals surface area contributed by atoms with E-state index in [-0.39, 0.29) is 29.3 Å². The van der Waals surface area contributed by atoms with E-state index in [4.69, 9.17) is 26.1 Å². The van der Waals surface area contributed by atoms with E-state index in [1.54, 1.807) is 30.5 Å². The summed E-state index contributed by atoms with van der Waals surface area (Å²) in [4.78, 5) is 28.6. The second-order valence-electron chi connectivity index (χ2n) is 8.88. The number of nitrogens with one attached hydrogen (secondary N) is 1. The summed E-state index contributed by atoms with van der Waals surface area (Å²) in [6.45, 7) is 0.0190. The van der Waals surface area contributed by atoms with E-state index >= 15 is 0 Å². The number of fused-ring (bicyclic) bond motifs is 1. The summed E-state index contributed by atoms with van der Waals surface area (Å²) in [6, 6.07) is 8.35. The number of pyridine rings is 1. The smallest absolute Gasteiger partial charge is 0.432 e. The molecule has 198 valence electrons.